The van der Waals surface area contributed by atoms with E-state index in [1.54, 1.807) is 24.6 Å². The average molecular weight is 252 g/mol. The average Bonchev–Trinajstić information content (AvgIpc) is 2.92. The fourth-order valence-corrected chi connectivity index (χ4v) is 2.13. The Bertz CT molecular complexity index is 440. The number of nitrogens with one attached hydrogen (secondary N) is 1. The number of ether oxygens (including phenoxy) is 1. The molecule has 2 aromatic heterocycles. The quantitative estimate of drug-likeness (QED) is 0.852. The second-order valence-electron chi connectivity index (χ2n) is 3.86. The molecule has 6 heteroatoms. The molecule has 0 aliphatic carbocycles. The van der Waals surface area contributed by atoms with E-state index in [-0.39, 0.29) is 6.04 Å². The number of thiazole rings is 1. The molecule has 2 rings (SSSR count). The number of hydrogen-bond donors (Lipinski definition) is 1. The zero-order chi connectivity index (χ0) is 12.1. The monoisotopic (exact) mass is 252 g/mol. The van der Waals surface area contributed by atoms with Crippen LogP contribution in [-0.2, 0) is 11.3 Å². The van der Waals surface area contributed by atoms with Crippen LogP contribution in [0, 0.1) is 0 Å². The van der Waals surface area contributed by atoms with Crippen molar-refractivity contribution in [3.63, 3.8) is 0 Å². The second-order valence-corrected chi connectivity index (χ2v) is 4.58. The lowest BCUT2D eigenvalue weighted by Crippen LogP contribution is -2.23. The summed E-state index contributed by atoms with van der Waals surface area (Å²) in [4.78, 5) is 8.56. The number of methoxy groups -OCH3 is 1. The summed E-state index contributed by atoms with van der Waals surface area (Å²) >= 11 is 1.60. The summed E-state index contributed by atoms with van der Waals surface area (Å²) in [5, 5.41) is 5.35. The van der Waals surface area contributed by atoms with Crippen molar-refractivity contribution in [3.8, 4) is 0 Å². The topological polar surface area (TPSA) is 52.0 Å². The SMILES string of the molecule is COCC(C)Nc1nccn1Cc1cscn1. The molecule has 1 N–H and O–H groups in total. The van der Waals surface area contributed by atoms with E-state index in [4.69, 9.17) is 4.74 Å². The molecule has 17 heavy (non-hydrogen) atoms. The van der Waals surface area contributed by atoms with Crippen LogP contribution >= 0.6 is 11.3 Å². The zero-order valence-corrected chi connectivity index (χ0v) is 10.8. The largest absolute Gasteiger partial charge is 0.383 e. The molecule has 0 radical (unpaired) electrons. The van der Waals surface area contributed by atoms with Crippen molar-refractivity contribution in [1.82, 2.24) is 14.5 Å². The van der Waals surface area contributed by atoms with Crippen LogP contribution in [0.15, 0.2) is 23.3 Å². The van der Waals surface area contributed by atoms with E-state index in [0.717, 1.165) is 18.2 Å². The van der Waals surface area contributed by atoms with Gasteiger partial charge in [-0.15, -0.1) is 11.3 Å². The third-order valence-electron chi connectivity index (χ3n) is 2.32. The van der Waals surface area contributed by atoms with Gasteiger partial charge in [-0.25, -0.2) is 9.97 Å². The predicted molar refractivity (Wildman–Crippen MR) is 68.4 cm³/mol. The highest BCUT2D eigenvalue weighted by atomic mass is 32.1. The minimum Gasteiger partial charge on any atom is -0.383 e. The summed E-state index contributed by atoms with van der Waals surface area (Å²) in [7, 11) is 1.69. The van der Waals surface area contributed by atoms with E-state index in [9.17, 15) is 0 Å². The third kappa shape index (κ3) is 3.28. The van der Waals surface area contributed by atoms with Crippen LogP contribution in [0.2, 0.25) is 0 Å². The van der Waals surface area contributed by atoms with Crippen LogP contribution < -0.4 is 5.32 Å². The third-order valence-corrected chi connectivity index (χ3v) is 2.96. The Labute approximate surface area is 104 Å². The molecule has 0 saturated carbocycles. The van der Waals surface area contributed by atoms with Crippen molar-refractivity contribution in [1.29, 1.82) is 0 Å². The Morgan fingerprint density at radius 2 is 2.41 bits per heavy atom. The van der Waals surface area contributed by atoms with Crippen LogP contribution in [0.3, 0.4) is 0 Å². The molecule has 0 bridgehead atoms. The summed E-state index contributed by atoms with van der Waals surface area (Å²) in [5.41, 5.74) is 2.89. The highest BCUT2D eigenvalue weighted by Gasteiger charge is 2.07. The van der Waals surface area contributed by atoms with Gasteiger partial charge in [0.25, 0.3) is 0 Å². The first-order valence-electron chi connectivity index (χ1n) is 5.43. The molecule has 2 aromatic rings. The maximum Gasteiger partial charge on any atom is 0.203 e. The molecule has 0 spiro atoms. The summed E-state index contributed by atoms with van der Waals surface area (Å²) < 4.78 is 7.13. The lowest BCUT2D eigenvalue weighted by Gasteiger charge is -2.14. The number of aromatic nitrogens is 3. The second kappa shape index (κ2) is 5.79. The molecule has 1 unspecified atom stereocenters. The highest BCUT2D eigenvalue weighted by Crippen LogP contribution is 2.10. The van der Waals surface area contributed by atoms with Gasteiger partial charge >= 0.3 is 0 Å². The van der Waals surface area contributed by atoms with Crippen LogP contribution in [0.5, 0.6) is 0 Å². The molecule has 0 aromatic carbocycles. The smallest absolute Gasteiger partial charge is 0.203 e. The maximum atomic E-state index is 5.09. The lowest BCUT2D eigenvalue weighted by molar-refractivity contribution is 0.190. The summed E-state index contributed by atoms with van der Waals surface area (Å²) in [6, 6.07) is 0.233. The lowest BCUT2D eigenvalue weighted by atomic mass is 10.4. The van der Waals surface area contributed by atoms with Gasteiger partial charge in [-0.05, 0) is 6.92 Å². The fraction of sp³-hybridized carbons (Fsp3) is 0.455. The minimum atomic E-state index is 0.233. The number of rotatable bonds is 6. The van der Waals surface area contributed by atoms with Gasteiger partial charge in [-0.1, -0.05) is 0 Å². The molecule has 92 valence electrons. The molecule has 1 atom stereocenters. The molecular formula is C11H16N4OS. The molecule has 5 nitrogen and oxygen atoms in total. The first-order chi connectivity index (χ1) is 8.29. The molecule has 0 fully saturated rings. The van der Waals surface area contributed by atoms with E-state index >= 15 is 0 Å². The van der Waals surface area contributed by atoms with Crippen LogP contribution in [0.25, 0.3) is 0 Å². The molecule has 0 amide bonds. The summed E-state index contributed by atoms with van der Waals surface area (Å²) in [5.74, 6) is 0.850. The number of imidazole rings is 1. The Morgan fingerprint density at radius 3 is 3.12 bits per heavy atom. The first kappa shape index (κ1) is 12.1. The maximum absolute atomic E-state index is 5.09. The predicted octanol–water partition coefficient (Wildman–Crippen LogP) is 1.83. The van der Waals surface area contributed by atoms with E-state index in [2.05, 4.69) is 22.2 Å². The van der Waals surface area contributed by atoms with Gasteiger partial charge in [0.15, 0.2) is 0 Å². The summed E-state index contributed by atoms with van der Waals surface area (Å²) in [6.07, 6.45) is 3.73. The van der Waals surface area contributed by atoms with E-state index < -0.39 is 0 Å². The first-order valence-corrected chi connectivity index (χ1v) is 6.37. The number of hydrogen-bond acceptors (Lipinski definition) is 5. The van der Waals surface area contributed by atoms with E-state index in [0.29, 0.717) is 6.61 Å². The van der Waals surface area contributed by atoms with Gasteiger partial charge in [0.2, 0.25) is 5.95 Å². The number of anilines is 1. The zero-order valence-electron chi connectivity index (χ0n) is 9.96. The van der Waals surface area contributed by atoms with Gasteiger partial charge in [-0.2, -0.15) is 0 Å². The minimum absolute atomic E-state index is 0.233. The van der Waals surface area contributed by atoms with Crippen LogP contribution in [0.1, 0.15) is 12.6 Å². The number of nitrogens with zero attached hydrogens (tertiary/aromatic N) is 3. The van der Waals surface area contributed by atoms with Gasteiger partial charge in [0.05, 0.1) is 24.4 Å². The van der Waals surface area contributed by atoms with Crippen molar-refractivity contribution >= 4 is 17.3 Å². The van der Waals surface area contributed by atoms with Gasteiger partial charge in [0.1, 0.15) is 0 Å². The molecule has 2 heterocycles. The Morgan fingerprint density at radius 1 is 1.53 bits per heavy atom. The Kier molecular flexibility index (Phi) is 4.11. The molecule has 0 aliphatic heterocycles. The van der Waals surface area contributed by atoms with E-state index in [1.165, 1.54) is 0 Å². The summed E-state index contributed by atoms with van der Waals surface area (Å²) in [6.45, 7) is 3.46. The van der Waals surface area contributed by atoms with Crippen LogP contribution in [-0.4, -0.2) is 34.3 Å². The molecule has 0 aliphatic rings. The van der Waals surface area contributed by atoms with Crippen molar-refractivity contribution in [3.05, 3.63) is 29.0 Å². The van der Waals surface area contributed by atoms with E-state index in [1.807, 2.05) is 21.7 Å². The van der Waals surface area contributed by atoms with Crippen molar-refractivity contribution in [2.75, 3.05) is 19.0 Å². The highest BCUT2D eigenvalue weighted by molar-refractivity contribution is 7.07. The van der Waals surface area contributed by atoms with Gasteiger partial charge in [0, 0.05) is 30.9 Å². The Hall–Kier alpha value is -1.40. The van der Waals surface area contributed by atoms with Crippen molar-refractivity contribution in [2.24, 2.45) is 0 Å². The Balaban J connectivity index is 2.01. The van der Waals surface area contributed by atoms with Gasteiger partial charge in [-0.3, -0.25) is 0 Å². The van der Waals surface area contributed by atoms with Gasteiger partial charge < -0.3 is 14.6 Å². The standard InChI is InChI=1S/C11H16N4OS/c1-9(6-16-2)14-11-12-3-4-15(11)5-10-7-17-8-13-10/h3-4,7-9H,5-6H2,1-2H3,(H,12,14). The fourth-order valence-electron chi connectivity index (χ4n) is 1.58. The normalized spacial score (nSPS) is 12.6. The molecular weight excluding hydrogens is 236 g/mol. The van der Waals surface area contributed by atoms with Crippen molar-refractivity contribution in [2.45, 2.75) is 19.5 Å². The van der Waals surface area contributed by atoms with Crippen LogP contribution in [0.4, 0.5) is 5.95 Å². The molecule has 0 saturated heterocycles. The van der Waals surface area contributed by atoms with Crippen molar-refractivity contribution < 1.29 is 4.74 Å².